The summed E-state index contributed by atoms with van der Waals surface area (Å²) in [6.07, 6.45) is -4.59. The highest BCUT2D eigenvalue weighted by Crippen LogP contribution is 2.43. The third-order valence-corrected chi connectivity index (χ3v) is 4.79. The van der Waals surface area contributed by atoms with Crippen LogP contribution in [0, 0.1) is 18.3 Å². The molecular weight excluding hydrogens is 371 g/mol. The van der Waals surface area contributed by atoms with E-state index in [9.17, 15) is 18.0 Å². The monoisotopic (exact) mass is 391 g/mol. The zero-order chi connectivity index (χ0) is 20.5. The van der Waals surface area contributed by atoms with Crippen LogP contribution in [-0.2, 0) is 0 Å². The fourth-order valence-corrected chi connectivity index (χ4v) is 3.21. The van der Waals surface area contributed by atoms with Crippen molar-refractivity contribution in [3.63, 3.8) is 0 Å². The number of rotatable bonds is 4. The minimum atomic E-state index is -4.50. The quantitative estimate of drug-likeness (QED) is 0.860. The lowest BCUT2D eigenvalue weighted by molar-refractivity contribution is -0.173. The number of benzene rings is 1. The largest absolute Gasteiger partial charge is 0.410 e. The maximum Gasteiger partial charge on any atom is 0.410 e. The molecule has 1 aliphatic heterocycles. The first-order chi connectivity index (χ1) is 13.2. The maximum atomic E-state index is 13.7. The van der Waals surface area contributed by atoms with Crippen LogP contribution in [0.3, 0.4) is 0 Å². The van der Waals surface area contributed by atoms with Crippen LogP contribution >= 0.6 is 0 Å². The van der Waals surface area contributed by atoms with Gasteiger partial charge in [0.2, 0.25) is 0 Å². The van der Waals surface area contributed by atoms with Gasteiger partial charge >= 0.3 is 6.18 Å². The van der Waals surface area contributed by atoms with Gasteiger partial charge in [-0.25, -0.2) is 4.68 Å². The Kier molecular flexibility index (Phi) is 5.31. The van der Waals surface area contributed by atoms with E-state index in [0.29, 0.717) is 0 Å². The molecule has 1 aromatic heterocycles. The van der Waals surface area contributed by atoms with Gasteiger partial charge in [-0.2, -0.15) is 23.5 Å². The zero-order valence-electron chi connectivity index (χ0n) is 15.5. The van der Waals surface area contributed by atoms with Crippen LogP contribution in [-0.4, -0.2) is 40.4 Å². The van der Waals surface area contributed by atoms with E-state index in [-0.39, 0.29) is 30.9 Å². The summed E-state index contributed by atoms with van der Waals surface area (Å²) in [5, 5.41) is 15.6. The number of alkyl halides is 3. The molecule has 0 bridgehead atoms. The number of amides is 1. The van der Waals surface area contributed by atoms with E-state index in [1.165, 1.54) is 18.0 Å². The van der Waals surface area contributed by atoms with Crippen molar-refractivity contribution in [3.05, 3.63) is 47.2 Å². The minimum Gasteiger partial charge on any atom is -0.363 e. The number of carbonyl (C=O) groups is 1. The zero-order valence-corrected chi connectivity index (χ0v) is 15.5. The van der Waals surface area contributed by atoms with Crippen LogP contribution < -0.4 is 5.32 Å². The van der Waals surface area contributed by atoms with Gasteiger partial charge in [0.05, 0.1) is 18.5 Å². The Bertz CT molecular complexity index is 898. The molecule has 0 radical (unpaired) electrons. The van der Waals surface area contributed by atoms with Crippen LogP contribution in [0.5, 0.6) is 0 Å². The molecule has 0 saturated heterocycles. The molecule has 9 heteroatoms. The Morgan fingerprint density at radius 1 is 1.39 bits per heavy atom. The minimum absolute atomic E-state index is 0.0817. The van der Waals surface area contributed by atoms with Gasteiger partial charge in [-0.1, -0.05) is 29.8 Å². The van der Waals surface area contributed by atoms with Gasteiger partial charge in [-0.3, -0.25) is 4.79 Å². The number of halogens is 3. The van der Waals surface area contributed by atoms with E-state index >= 15 is 0 Å². The summed E-state index contributed by atoms with van der Waals surface area (Å²) in [7, 11) is 1.49. The van der Waals surface area contributed by atoms with Gasteiger partial charge in [0.15, 0.2) is 11.7 Å². The van der Waals surface area contributed by atoms with Crippen molar-refractivity contribution in [2.75, 3.05) is 18.9 Å². The summed E-state index contributed by atoms with van der Waals surface area (Å²) < 4.78 is 41.9. The van der Waals surface area contributed by atoms with Crippen molar-refractivity contribution >= 4 is 11.7 Å². The average molecular weight is 391 g/mol. The number of nitriles is 1. The van der Waals surface area contributed by atoms with Crippen molar-refractivity contribution in [3.8, 4) is 6.07 Å². The molecule has 1 aliphatic rings. The highest BCUT2D eigenvalue weighted by atomic mass is 19.4. The molecule has 1 amide bonds. The van der Waals surface area contributed by atoms with Gasteiger partial charge in [-0.15, -0.1) is 0 Å². The summed E-state index contributed by atoms with van der Waals surface area (Å²) in [6, 6.07) is 8.19. The third-order valence-electron chi connectivity index (χ3n) is 4.79. The molecule has 0 aliphatic carbocycles. The highest BCUT2D eigenvalue weighted by molar-refractivity contribution is 5.93. The van der Waals surface area contributed by atoms with E-state index in [2.05, 4.69) is 10.4 Å². The Labute approximate surface area is 160 Å². The molecule has 0 saturated carbocycles. The molecule has 0 fully saturated rings. The van der Waals surface area contributed by atoms with E-state index in [1.54, 1.807) is 12.1 Å². The van der Waals surface area contributed by atoms with Gasteiger partial charge in [0.25, 0.3) is 5.91 Å². The van der Waals surface area contributed by atoms with E-state index < -0.39 is 24.2 Å². The number of nitrogens with zero attached hydrogens (tertiary/aromatic N) is 4. The van der Waals surface area contributed by atoms with Crippen molar-refractivity contribution in [1.82, 2.24) is 14.7 Å². The first kappa shape index (κ1) is 19.7. The Balaban J connectivity index is 1.93. The first-order valence-corrected chi connectivity index (χ1v) is 8.82. The Morgan fingerprint density at radius 2 is 2.07 bits per heavy atom. The number of carbonyl (C=O) groups excluding carboxylic acids is 1. The lowest BCUT2D eigenvalue weighted by Gasteiger charge is -2.33. The summed E-state index contributed by atoms with van der Waals surface area (Å²) in [5.41, 5.74) is 1.68. The van der Waals surface area contributed by atoms with Gasteiger partial charge < -0.3 is 10.2 Å². The van der Waals surface area contributed by atoms with Crippen LogP contribution in [0.1, 0.15) is 46.5 Å². The highest BCUT2D eigenvalue weighted by Gasteiger charge is 2.46. The number of aryl methyl sites for hydroxylation is 1. The molecule has 2 aromatic rings. The fourth-order valence-electron chi connectivity index (χ4n) is 3.21. The molecule has 2 atom stereocenters. The Hall–Kier alpha value is -3.02. The third kappa shape index (κ3) is 3.96. The fraction of sp³-hybridized carbons (Fsp3) is 0.421. The molecule has 0 spiro atoms. The number of anilines is 1. The van der Waals surface area contributed by atoms with Crippen LogP contribution in [0.15, 0.2) is 30.3 Å². The average Bonchev–Trinajstić information content (AvgIpc) is 3.08. The maximum absolute atomic E-state index is 13.7. The molecule has 3 rings (SSSR count). The van der Waals surface area contributed by atoms with Crippen molar-refractivity contribution in [2.45, 2.75) is 38.0 Å². The van der Waals surface area contributed by atoms with Crippen molar-refractivity contribution < 1.29 is 18.0 Å². The molecule has 2 heterocycles. The van der Waals surface area contributed by atoms with Crippen LogP contribution in [0.4, 0.5) is 19.0 Å². The summed E-state index contributed by atoms with van der Waals surface area (Å²) >= 11 is 0. The standard InChI is InChI=1S/C19H20F3N5O/c1-12-4-6-13(7-5-12)14-10-16(19(20,21)22)27-17(24-14)11-15(25-27)18(28)26(2)9-3-8-23/h4-7,11,14,16,24H,3,9-10H2,1-2H3/t14-,16-/m1/s1. The SMILES string of the molecule is Cc1ccc([C@H]2C[C@H](C(F)(F)F)n3nc(C(=O)N(C)CCC#N)cc3N2)cc1. The normalized spacial score (nSPS) is 18.7. The van der Waals surface area contributed by atoms with Gasteiger partial charge in [0.1, 0.15) is 5.82 Å². The molecule has 1 aromatic carbocycles. The molecule has 148 valence electrons. The second kappa shape index (κ2) is 7.54. The second-order valence-corrected chi connectivity index (χ2v) is 6.89. The topological polar surface area (TPSA) is 74.0 Å². The molecular formula is C19H20F3N5O. The van der Waals surface area contributed by atoms with E-state index in [4.69, 9.17) is 5.26 Å². The number of nitrogens with one attached hydrogen (secondary N) is 1. The number of fused-ring (bicyclic) bond motifs is 1. The number of aromatic nitrogens is 2. The molecule has 0 unspecified atom stereocenters. The van der Waals surface area contributed by atoms with Gasteiger partial charge in [0, 0.05) is 26.1 Å². The smallest absolute Gasteiger partial charge is 0.363 e. The van der Waals surface area contributed by atoms with E-state index in [0.717, 1.165) is 15.8 Å². The summed E-state index contributed by atoms with van der Waals surface area (Å²) in [4.78, 5) is 13.7. The lowest BCUT2D eigenvalue weighted by Crippen LogP contribution is -2.36. The van der Waals surface area contributed by atoms with Gasteiger partial charge in [-0.05, 0) is 12.5 Å². The summed E-state index contributed by atoms with van der Waals surface area (Å²) in [5.74, 6) is -0.372. The first-order valence-electron chi connectivity index (χ1n) is 8.82. The molecule has 6 nitrogen and oxygen atoms in total. The Morgan fingerprint density at radius 3 is 2.68 bits per heavy atom. The number of hydrogen-bond acceptors (Lipinski definition) is 4. The predicted octanol–water partition coefficient (Wildman–Crippen LogP) is 3.84. The van der Waals surface area contributed by atoms with Crippen molar-refractivity contribution in [2.24, 2.45) is 0 Å². The van der Waals surface area contributed by atoms with Crippen molar-refractivity contribution in [1.29, 1.82) is 5.26 Å². The van der Waals surface area contributed by atoms with E-state index in [1.807, 2.05) is 25.1 Å². The summed E-state index contributed by atoms with van der Waals surface area (Å²) in [6.45, 7) is 2.09. The molecule has 28 heavy (non-hydrogen) atoms. The molecule has 1 N–H and O–H groups in total. The van der Waals surface area contributed by atoms with Crippen LogP contribution in [0.25, 0.3) is 0 Å². The number of hydrogen-bond donors (Lipinski definition) is 1. The predicted molar refractivity (Wildman–Crippen MR) is 96.7 cm³/mol. The van der Waals surface area contributed by atoms with Crippen LogP contribution in [0.2, 0.25) is 0 Å². The second-order valence-electron chi connectivity index (χ2n) is 6.89. The lowest BCUT2D eigenvalue weighted by atomic mass is 9.96.